The van der Waals surface area contributed by atoms with Gasteiger partial charge in [0.25, 0.3) is 0 Å². The van der Waals surface area contributed by atoms with Crippen molar-refractivity contribution in [2.45, 2.75) is 0 Å². The number of carbonyl (C=O) groups is 2. The smallest absolute Gasteiger partial charge is 0.337 e. The Morgan fingerprint density at radius 1 is 0.870 bits per heavy atom. The van der Waals surface area contributed by atoms with Crippen molar-refractivity contribution < 1.29 is 14.3 Å². The van der Waals surface area contributed by atoms with Crippen LogP contribution in [-0.4, -0.2) is 18.9 Å². The topological polar surface area (TPSA) is 43.4 Å². The van der Waals surface area contributed by atoms with Crippen molar-refractivity contribution >= 4 is 34.3 Å². The van der Waals surface area contributed by atoms with Gasteiger partial charge in [-0.25, -0.2) is 4.79 Å². The Morgan fingerprint density at radius 3 is 2.17 bits per heavy atom. The number of esters is 1. The van der Waals surface area contributed by atoms with E-state index in [0.29, 0.717) is 16.7 Å². The molecule has 2 aliphatic rings. The Bertz CT molecular complexity index is 856. The molecule has 0 unspecified atom stereocenters. The third kappa shape index (κ3) is 2.99. The monoisotopic (exact) mass is 416 g/mol. The van der Waals surface area contributed by atoms with Crippen molar-refractivity contribution in [3.63, 3.8) is 0 Å². The minimum atomic E-state index is -0.395. The van der Waals surface area contributed by atoms with Crippen LogP contribution in [0.25, 0.3) is 11.1 Å². The summed E-state index contributed by atoms with van der Waals surface area (Å²) < 4.78 is 5.73. The molecule has 3 nitrogen and oxygen atoms in total. The Balaban J connectivity index is 2.13. The Morgan fingerprint density at radius 2 is 1.52 bits per heavy atom. The van der Waals surface area contributed by atoms with Crippen molar-refractivity contribution in [3.8, 4) is 11.1 Å². The summed E-state index contributed by atoms with van der Waals surface area (Å²) in [5.41, 5.74) is 3.52. The van der Waals surface area contributed by atoms with E-state index in [0.717, 1.165) is 14.7 Å². The number of methoxy groups -OCH3 is 1. The highest BCUT2D eigenvalue weighted by atomic mass is 127. The quantitative estimate of drug-likeness (QED) is 0.361. The molecule has 4 heteroatoms. The van der Waals surface area contributed by atoms with Gasteiger partial charge >= 0.3 is 5.97 Å². The number of hydrogen-bond acceptors (Lipinski definition) is 3. The lowest BCUT2D eigenvalue weighted by Crippen LogP contribution is -2.00. The van der Waals surface area contributed by atoms with E-state index in [4.69, 9.17) is 4.74 Å². The minimum Gasteiger partial charge on any atom is -0.465 e. The van der Waals surface area contributed by atoms with Gasteiger partial charge in [0, 0.05) is 14.7 Å². The van der Waals surface area contributed by atoms with E-state index in [1.54, 1.807) is 30.3 Å². The van der Waals surface area contributed by atoms with Crippen LogP contribution in [0.15, 0.2) is 60.7 Å². The summed E-state index contributed by atoms with van der Waals surface area (Å²) in [5, 5.41) is 0. The summed E-state index contributed by atoms with van der Waals surface area (Å²) in [6.45, 7) is 0. The van der Waals surface area contributed by atoms with Crippen LogP contribution in [0.3, 0.4) is 0 Å². The molecular weight excluding hydrogens is 403 g/mol. The summed E-state index contributed by atoms with van der Waals surface area (Å²) >= 11 is 2.20. The first-order valence-corrected chi connectivity index (χ1v) is 8.10. The van der Waals surface area contributed by atoms with Gasteiger partial charge in [-0.05, 0) is 51.9 Å². The first-order valence-electron chi connectivity index (χ1n) is 7.02. The van der Waals surface area contributed by atoms with E-state index in [1.807, 2.05) is 30.3 Å². The molecule has 23 heavy (non-hydrogen) atoms. The van der Waals surface area contributed by atoms with Gasteiger partial charge in [-0.2, -0.15) is 0 Å². The number of rotatable bonds is 3. The molecule has 2 aliphatic carbocycles. The van der Waals surface area contributed by atoms with Gasteiger partial charge in [-0.15, -0.1) is 0 Å². The summed E-state index contributed by atoms with van der Waals surface area (Å²) in [6.07, 6.45) is 0. The number of carbonyl (C=O) groups excluding carboxylic acids is 2. The zero-order chi connectivity index (χ0) is 16.4. The second-order valence-corrected chi connectivity index (χ2v) is 6.20. The average molecular weight is 416 g/mol. The number of benzene rings is 1. The third-order valence-corrected chi connectivity index (χ3v) is 4.56. The molecule has 0 fully saturated rings. The van der Waals surface area contributed by atoms with Crippen LogP contribution in [0.1, 0.15) is 26.3 Å². The molecule has 0 N–H and O–H groups in total. The molecule has 0 spiro atoms. The third-order valence-electron chi connectivity index (χ3n) is 3.67. The first kappa shape index (κ1) is 15.7. The molecule has 0 heterocycles. The van der Waals surface area contributed by atoms with Crippen LogP contribution < -0.4 is 0 Å². The lowest BCUT2D eigenvalue weighted by atomic mass is 10.0. The van der Waals surface area contributed by atoms with Crippen molar-refractivity contribution in [3.05, 3.63) is 80.9 Å². The molecule has 3 rings (SSSR count). The van der Waals surface area contributed by atoms with Crippen molar-refractivity contribution in [1.29, 1.82) is 0 Å². The SMILES string of the molecule is COC(=O)c1ccc2c(I)cc(C(=O)c3ccccc3)c-2cc1. The number of halogens is 1. The molecule has 0 aromatic heterocycles. The van der Waals surface area contributed by atoms with Crippen molar-refractivity contribution in [1.82, 2.24) is 0 Å². The molecule has 0 bridgehead atoms. The number of fused-ring (bicyclic) bond motifs is 1. The molecule has 0 saturated carbocycles. The minimum absolute atomic E-state index is 0.0238. The molecule has 0 aliphatic heterocycles. The predicted molar refractivity (Wildman–Crippen MR) is 97.0 cm³/mol. The first-order chi connectivity index (χ1) is 11.1. The van der Waals surface area contributed by atoms with E-state index >= 15 is 0 Å². The van der Waals surface area contributed by atoms with E-state index in [-0.39, 0.29) is 5.78 Å². The molecule has 0 atom stereocenters. The predicted octanol–water partition coefficient (Wildman–Crippen LogP) is 4.41. The van der Waals surface area contributed by atoms with Crippen molar-refractivity contribution in [2.75, 3.05) is 7.11 Å². The zero-order valence-electron chi connectivity index (χ0n) is 12.4. The maximum absolute atomic E-state index is 12.8. The van der Waals surface area contributed by atoms with Crippen LogP contribution in [0.2, 0.25) is 0 Å². The fourth-order valence-electron chi connectivity index (χ4n) is 2.49. The van der Waals surface area contributed by atoms with Gasteiger partial charge < -0.3 is 4.74 Å². The van der Waals surface area contributed by atoms with E-state index in [9.17, 15) is 9.59 Å². The maximum atomic E-state index is 12.8. The Kier molecular flexibility index (Phi) is 4.43. The molecule has 1 aromatic rings. The van der Waals surface area contributed by atoms with Gasteiger partial charge in [-0.3, -0.25) is 4.79 Å². The molecule has 0 radical (unpaired) electrons. The number of ketones is 1. The average Bonchev–Trinajstić information content (AvgIpc) is 2.76. The Hall–Kier alpha value is -2.21. The molecule has 0 saturated heterocycles. The van der Waals surface area contributed by atoms with E-state index in [1.165, 1.54) is 7.11 Å². The Labute approximate surface area is 147 Å². The molecule has 1 aromatic carbocycles. The zero-order valence-corrected chi connectivity index (χ0v) is 14.5. The normalized spacial score (nSPS) is 10.5. The van der Waals surface area contributed by atoms with E-state index in [2.05, 4.69) is 22.6 Å². The van der Waals surface area contributed by atoms with Gasteiger partial charge in [0.15, 0.2) is 5.78 Å². The van der Waals surface area contributed by atoms with Crippen LogP contribution in [0.4, 0.5) is 0 Å². The second kappa shape index (κ2) is 6.50. The number of ether oxygens (including phenoxy) is 1. The fraction of sp³-hybridized carbons (Fsp3) is 0.0526. The largest absolute Gasteiger partial charge is 0.465 e. The lowest BCUT2D eigenvalue weighted by molar-refractivity contribution is 0.0600. The van der Waals surface area contributed by atoms with Crippen LogP contribution >= 0.6 is 22.6 Å². The summed E-state index contributed by atoms with van der Waals surface area (Å²) in [4.78, 5) is 24.4. The van der Waals surface area contributed by atoms with Crippen LogP contribution in [-0.2, 0) is 4.74 Å². The van der Waals surface area contributed by atoms with Gasteiger partial charge in [-0.1, -0.05) is 42.5 Å². The van der Waals surface area contributed by atoms with Gasteiger partial charge in [0.1, 0.15) is 0 Å². The van der Waals surface area contributed by atoms with Crippen molar-refractivity contribution in [2.24, 2.45) is 0 Å². The fourth-order valence-corrected chi connectivity index (χ4v) is 3.28. The molecule has 114 valence electrons. The van der Waals surface area contributed by atoms with Gasteiger partial charge in [0.05, 0.1) is 12.7 Å². The highest BCUT2D eigenvalue weighted by Gasteiger charge is 2.20. The number of hydrogen-bond donors (Lipinski definition) is 0. The van der Waals surface area contributed by atoms with E-state index < -0.39 is 5.97 Å². The second-order valence-electron chi connectivity index (χ2n) is 5.04. The van der Waals surface area contributed by atoms with Gasteiger partial charge in [0.2, 0.25) is 0 Å². The summed E-state index contributed by atoms with van der Waals surface area (Å²) in [7, 11) is 1.35. The maximum Gasteiger partial charge on any atom is 0.337 e. The van der Waals surface area contributed by atoms with Crippen LogP contribution in [0.5, 0.6) is 0 Å². The molecule has 0 amide bonds. The van der Waals surface area contributed by atoms with Crippen LogP contribution in [0, 0.1) is 3.57 Å². The standard InChI is InChI=1S/C19H13IO3/c1-23-19(22)13-7-9-14-15(10-8-13)17(20)11-16(14)18(21)12-5-3-2-4-6-12/h2-11H,1H3. The highest BCUT2D eigenvalue weighted by Crippen LogP contribution is 2.34. The lowest BCUT2D eigenvalue weighted by Gasteiger charge is -2.01. The molecular formula is C19H13IO3. The summed E-state index contributed by atoms with van der Waals surface area (Å²) in [6, 6.07) is 18.1. The summed E-state index contributed by atoms with van der Waals surface area (Å²) in [5.74, 6) is -0.419. The highest BCUT2D eigenvalue weighted by molar-refractivity contribution is 14.1.